The molecular weight excluding hydrogens is 647 g/mol. The molecule has 0 bridgehead atoms. The van der Waals surface area contributed by atoms with Crippen LogP contribution in [0.15, 0.2) is 48.5 Å². The van der Waals surface area contributed by atoms with Gasteiger partial charge in [0.2, 0.25) is 5.60 Å². The minimum atomic E-state index is -5.25. The first-order valence-electron chi connectivity index (χ1n) is 14.3. The molecule has 46 heavy (non-hydrogen) atoms. The maximum Gasteiger partial charge on any atom is 0.424 e. The Morgan fingerprint density at radius 1 is 1.15 bits per heavy atom. The highest BCUT2D eigenvalue weighted by atomic mass is 35.5. The molecule has 1 aliphatic rings. The fraction of sp³-hybridized carbons (Fsp3) is 0.438. The molecule has 0 radical (unpaired) electrons. The Hall–Kier alpha value is -3.23. The van der Waals surface area contributed by atoms with E-state index in [2.05, 4.69) is 15.0 Å². The molecule has 2 heterocycles. The normalized spacial score (nSPS) is 18.3. The monoisotopic (exact) mass is 683 g/mol. The molecule has 2 aromatic carbocycles. The Bertz CT molecular complexity index is 1570. The number of amides is 1. The van der Waals surface area contributed by atoms with Gasteiger partial charge >= 0.3 is 6.18 Å². The zero-order chi connectivity index (χ0) is 34.1. The van der Waals surface area contributed by atoms with Gasteiger partial charge in [-0.3, -0.25) is 4.79 Å². The van der Waals surface area contributed by atoms with Crippen molar-refractivity contribution in [1.29, 1.82) is 0 Å². The predicted molar refractivity (Wildman–Crippen MR) is 170 cm³/mol. The van der Waals surface area contributed by atoms with Crippen molar-refractivity contribution >= 4 is 29.5 Å². The number of hydrogen-bond acceptors (Lipinski definition) is 9. The molecule has 1 aromatic heterocycles. The summed E-state index contributed by atoms with van der Waals surface area (Å²) in [4.78, 5) is 17.4. The fourth-order valence-electron chi connectivity index (χ4n) is 4.53. The molecule has 2 unspecified atom stereocenters. The second kappa shape index (κ2) is 13.5. The van der Waals surface area contributed by atoms with Crippen LogP contribution in [0, 0.1) is 0 Å². The molecule has 3 aromatic rings. The number of carbonyl (C=O) groups excluding carboxylic acids is 1. The Labute approximate surface area is 274 Å². The topological polar surface area (TPSA) is 122 Å². The molecular formula is C32H37ClF3N3O6S. The highest BCUT2D eigenvalue weighted by Gasteiger charge is 2.57. The standard InChI is InChI=1S/C32H37ClF3N3O6S/c1-18(40)15-44-23-12-9-20(13-24(23)43-6)28(41)37-16-31(42,32(34,35)36)25-14-22-27(26(38-25)19-7-10-21(33)11-8-19)45-17-30(22,5)39-46-29(2,3)4/h7-14,18,39-40,42H,15-17H2,1-6H3,(H,37,41)/t18-,30?,31?/m1/s1. The first-order valence-corrected chi connectivity index (χ1v) is 15.5. The predicted octanol–water partition coefficient (Wildman–Crippen LogP) is 5.99. The van der Waals surface area contributed by atoms with Gasteiger partial charge in [0.05, 0.1) is 31.0 Å². The molecule has 9 nitrogen and oxygen atoms in total. The smallest absolute Gasteiger partial charge is 0.424 e. The molecule has 250 valence electrons. The number of carbonyl (C=O) groups is 1. The summed E-state index contributed by atoms with van der Waals surface area (Å²) in [7, 11) is 1.33. The van der Waals surface area contributed by atoms with Gasteiger partial charge < -0.3 is 29.7 Å². The lowest BCUT2D eigenvalue weighted by Crippen LogP contribution is -2.51. The number of fused-ring (bicyclic) bond motifs is 1. The number of halogens is 4. The minimum Gasteiger partial charge on any atom is -0.493 e. The Morgan fingerprint density at radius 3 is 2.41 bits per heavy atom. The number of nitrogens with one attached hydrogen (secondary N) is 2. The van der Waals surface area contributed by atoms with E-state index in [1.54, 1.807) is 31.2 Å². The number of aromatic nitrogens is 1. The summed E-state index contributed by atoms with van der Waals surface area (Å²) in [5.41, 5.74) is -4.43. The molecule has 4 N–H and O–H groups in total. The van der Waals surface area contributed by atoms with Gasteiger partial charge in [-0.15, -0.1) is 0 Å². The molecule has 14 heteroatoms. The van der Waals surface area contributed by atoms with Gasteiger partial charge in [0, 0.05) is 26.5 Å². The summed E-state index contributed by atoms with van der Waals surface area (Å²) in [5, 5.41) is 23.5. The van der Waals surface area contributed by atoms with E-state index in [0.29, 0.717) is 16.1 Å². The third-order valence-electron chi connectivity index (χ3n) is 7.08. The van der Waals surface area contributed by atoms with Crippen LogP contribution in [0.25, 0.3) is 11.3 Å². The SMILES string of the molecule is COc1cc(C(=O)NCC(O)(c2cc3c(c(-c4ccc(Cl)cc4)n2)OCC3(C)NSC(C)(C)C)C(F)(F)F)ccc1OC[C@@H](C)O. The molecule has 3 atom stereocenters. The van der Waals surface area contributed by atoms with E-state index >= 15 is 0 Å². The van der Waals surface area contributed by atoms with Crippen LogP contribution in [0.1, 0.15) is 56.2 Å². The third kappa shape index (κ3) is 7.83. The van der Waals surface area contributed by atoms with Crippen molar-refractivity contribution in [2.75, 3.05) is 26.9 Å². The van der Waals surface area contributed by atoms with Crippen molar-refractivity contribution in [3.63, 3.8) is 0 Å². The van der Waals surface area contributed by atoms with Crippen LogP contribution in [0.5, 0.6) is 17.2 Å². The fourth-order valence-corrected chi connectivity index (χ4v) is 5.36. The average Bonchev–Trinajstić information content (AvgIpc) is 3.33. The molecule has 1 amide bonds. The summed E-state index contributed by atoms with van der Waals surface area (Å²) in [5.74, 6) is -0.271. The van der Waals surface area contributed by atoms with Gasteiger partial charge in [-0.05, 0) is 71.0 Å². The van der Waals surface area contributed by atoms with Crippen LogP contribution in [-0.2, 0) is 11.1 Å². The van der Waals surface area contributed by atoms with Gasteiger partial charge in [-0.25, -0.2) is 9.71 Å². The van der Waals surface area contributed by atoms with E-state index in [1.807, 2.05) is 20.8 Å². The summed E-state index contributed by atoms with van der Waals surface area (Å²) in [6.45, 7) is 8.09. The molecule has 0 aliphatic carbocycles. The van der Waals surface area contributed by atoms with Gasteiger partial charge in [0.15, 0.2) is 17.2 Å². The molecule has 4 rings (SSSR count). The number of methoxy groups -OCH3 is 1. The van der Waals surface area contributed by atoms with E-state index < -0.39 is 41.6 Å². The van der Waals surface area contributed by atoms with Gasteiger partial charge in [-0.2, -0.15) is 13.2 Å². The van der Waals surface area contributed by atoms with Crippen molar-refractivity contribution in [1.82, 2.24) is 15.0 Å². The summed E-state index contributed by atoms with van der Waals surface area (Å²) < 4.78 is 64.3. The molecule has 0 spiro atoms. The summed E-state index contributed by atoms with van der Waals surface area (Å²) in [6, 6.07) is 11.5. The number of nitrogens with zero attached hydrogens (tertiary/aromatic N) is 1. The van der Waals surface area contributed by atoms with E-state index in [-0.39, 0.29) is 46.5 Å². The number of pyridine rings is 1. The second-order valence-electron chi connectivity index (χ2n) is 12.2. The quantitative estimate of drug-likeness (QED) is 0.181. The average molecular weight is 684 g/mol. The van der Waals surface area contributed by atoms with Crippen molar-refractivity contribution in [2.45, 2.75) is 62.8 Å². The Kier molecular flexibility index (Phi) is 10.4. The van der Waals surface area contributed by atoms with Crippen molar-refractivity contribution in [3.8, 4) is 28.5 Å². The zero-order valence-corrected chi connectivity index (χ0v) is 27.8. The van der Waals surface area contributed by atoms with Gasteiger partial charge in [0.1, 0.15) is 18.9 Å². The molecule has 0 saturated carbocycles. The lowest BCUT2D eigenvalue weighted by Gasteiger charge is -2.32. The van der Waals surface area contributed by atoms with E-state index in [9.17, 15) is 28.2 Å². The number of benzene rings is 2. The lowest BCUT2D eigenvalue weighted by molar-refractivity contribution is -0.265. The van der Waals surface area contributed by atoms with Crippen LogP contribution in [0.2, 0.25) is 5.02 Å². The number of ether oxygens (including phenoxy) is 3. The number of aliphatic hydroxyl groups is 2. The number of hydrogen-bond donors (Lipinski definition) is 4. The Morgan fingerprint density at radius 2 is 1.83 bits per heavy atom. The number of alkyl halides is 3. The van der Waals surface area contributed by atoms with Crippen molar-refractivity contribution in [3.05, 3.63) is 70.4 Å². The first-order chi connectivity index (χ1) is 21.4. The van der Waals surface area contributed by atoms with Crippen molar-refractivity contribution < 1.29 is 42.4 Å². The maximum absolute atomic E-state index is 14.8. The largest absolute Gasteiger partial charge is 0.493 e. The maximum atomic E-state index is 14.8. The Balaban J connectivity index is 1.74. The van der Waals surface area contributed by atoms with Crippen LogP contribution in [-0.4, -0.2) is 65.0 Å². The minimum absolute atomic E-state index is 0.0409. The van der Waals surface area contributed by atoms with Gasteiger partial charge in [0.25, 0.3) is 5.91 Å². The van der Waals surface area contributed by atoms with E-state index in [0.717, 1.165) is 0 Å². The highest BCUT2D eigenvalue weighted by molar-refractivity contribution is 7.98. The number of rotatable bonds is 11. The van der Waals surface area contributed by atoms with E-state index in [1.165, 1.54) is 50.2 Å². The van der Waals surface area contributed by atoms with Crippen LogP contribution in [0.4, 0.5) is 13.2 Å². The zero-order valence-electron chi connectivity index (χ0n) is 26.2. The first kappa shape index (κ1) is 35.6. The van der Waals surface area contributed by atoms with Crippen molar-refractivity contribution in [2.24, 2.45) is 0 Å². The second-order valence-corrected chi connectivity index (χ2v) is 14.3. The van der Waals surface area contributed by atoms with Crippen LogP contribution >= 0.6 is 23.5 Å². The number of aliphatic hydroxyl groups excluding tert-OH is 1. The summed E-state index contributed by atoms with van der Waals surface area (Å²) >= 11 is 7.46. The molecule has 0 fully saturated rings. The summed E-state index contributed by atoms with van der Waals surface area (Å²) in [6.07, 6.45) is -6.02. The molecule has 1 aliphatic heterocycles. The third-order valence-corrected chi connectivity index (χ3v) is 8.49. The van der Waals surface area contributed by atoms with Crippen LogP contribution in [0.3, 0.4) is 0 Å². The van der Waals surface area contributed by atoms with Crippen LogP contribution < -0.4 is 24.2 Å². The highest BCUT2D eigenvalue weighted by Crippen LogP contribution is 2.48. The van der Waals surface area contributed by atoms with E-state index in [4.69, 9.17) is 25.8 Å². The molecule has 0 saturated heterocycles. The lowest BCUT2D eigenvalue weighted by atomic mass is 9.89. The van der Waals surface area contributed by atoms with Gasteiger partial charge in [-0.1, -0.05) is 35.7 Å².